The van der Waals surface area contributed by atoms with Gasteiger partial charge >= 0.3 is 29.6 Å². The Kier molecular flexibility index (Phi) is 4.46. The van der Waals surface area contributed by atoms with Gasteiger partial charge < -0.3 is 0 Å². The molecule has 61 valence electrons. The topological polar surface area (TPSA) is 0 Å². The second kappa shape index (κ2) is 5.16. The summed E-state index contributed by atoms with van der Waals surface area (Å²) >= 11 is 0. The maximum absolute atomic E-state index is 2.41. The van der Waals surface area contributed by atoms with Crippen LogP contribution >= 0.6 is 0 Å². The van der Waals surface area contributed by atoms with Gasteiger partial charge in [-0.05, 0) is 12.8 Å². The summed E-state index contributed by atoms with van der Waals surface area (Å²) in [5.74, 6) is 0. The molecule has 0 aromatic carbocycles. The van der Waals surface area contributed by atoms with Crippen LogP contribution in [0.25, 0.3) is 0 Å². The Hall–Kier alpha value is 0.177. The van der Waals surface area contributed by atoms with Crippen LogP contribution in [-0.4, -0.2) is 8.80 Å². The molecular weight excluding hydrogens is 183 g/mol. The van der Waals surface area contributed by atoms with Crippen LogP contribution in [0.5, 0.6) is 0 Å². The average molecular weight is 196 g/mol. The van der Waals surface area contributed by atoms with Gasteiger partial charge in [-0.15, -0.1) is 0 Å². The molecule has 0 fully saturated rings. The number of allylic oxidation sites excluding steroid dienone is 8. The molecule has 2 aliphatic carbocycles. The molecule has 0 nitrogen and oxygen atoms in total. The van der Waals surface area contributed by atoms with Crippen molar-refractivity contribution in [1.82, 2.24) is 0 Å². The van der Waals surface area contributed by atoms with Crippen molar-refractivity contribution >= 4 is 8.80 Å². The Morgan fingerprint density at radius 1 is 1.00 bits per heavy atom. The quantitative estimate of drug-likeness (QED) is 0.544. The van der Waals surface area contributed by atoms with Crippen molar-refractivity contribution in [2.24, 2.45) is 0 Å². The smallest absolute Gasteiger partial charge is 0.0809 e. The normalized spacial score (nSPS) is 18.9. The van der Waals surface area contributed by atoms with E-state index < -0.39 is 0 Å². The van der Waals surface area contributed by atoms with Gasteiger partial charge in [0, 0.05) is 0 Å². The molecule has 1 radical (unpaired) electrons. The summed E-state index contributed by atoms with van der Waals surface area (Å²) < 4.78 is 0. The first-order valence-corrected chi connectivity index (χ1v) is 6.43. The standard InChI is InChI=1S/C11H13Si.Na/c1-12(10-6-2-3-7-10)11-8-4-5-9-11;/h2-6,8H,7,9H2,1H3;/q;+1. The SMILES string of the molecule is C[Si](C1=CC=CC1)C1=CC=CC1.[Na+]. The molecule has 0 amide bonds. The summed E-state index contributed by atoms with van der Waals surface area (Å²) in [7, 11) is -0.348. The van der Waals surface area contributed by atoms with Crippen LogP contribution in [0.15, 0.2) is 46.8 Å². The molecule has 2 rings (SSSR count). The maximum Gasteiger partial charge on any atom is 1.00 e. The predicted molar refractivity (Wildman–Crippen MR) is 55.3 cm³/mol. The second-order valence-corrected chi connectivity index (χ2v) is 5.81. The first-order chi connectivity index (χ1) is 5.88. The van der Waals surface area contributed by atoms with Gasteiger partial charge in [-0.3, -0.25) is 0 Å². The monoisotopic (exact) mass is 196 g/mol. The fourth-order valence-corrected chi connectivity index (χ4v) is 3.61. The second-order valence-electron chi connectivity index (χ2n) is 3.27. The molecule has 0 heterocycles. The van der Waals surface area contributed by atoms with Crippen molar-refractivity contribution in [1.29, 1.82) is 0 Å². The third kappa shape index (κ3) is 2.56. The zero-order chi connectivity index (χ0) is 8.39. The minimum absolute atomic E-state index is 0. The van der Waals surface area contributed by atoms with Crippen LogP contribution in [-0.2, 0) is 0 Å². The van der Waals surface area contributed by atoms with Crippen molar-refractivity contribution < 1.29 is 29.6 Å². The van der Waals surface area contributed by atoms with Crippen molar-refractivity contribution in [2.45, 2.75) is 19.4 Å². The summed E-state index contributed by atoms with van der Waals surface area (Å²) in [4.78, 5) is 0. The van der Waals surface area contributed by atoms with Crippen molar-refractivity contribution in [3.63, 3.8) is 0 Å². The molecular formula is C11H13NaSi+. The fourth-order valence-electron chi connectivity index (χ4n) is 1.66. The molecule has 0 N–H and O–H groups in total. The molecule has 0 saturated heterocycles. The summed E-state index contributed by atoms with van der Waals surface area (Å²) in [5, 5.41) is 3.32. The van der Waals surface area contributed by atoms with Gasteiger partial charge in [0.15, 0.2) is 0 Å². The van der Waals surface area contributed by atoms with Crippen LogP contribution in [0.1, 0.15) is 12.8 Å². The van der Waals surface area contributed by atoms with Gasteiger partial charge in [0.05, 0.1) is 0 Å². The minimum atomic E-state index is -0.348. The summed E-state index contributed by atoms with van der Waals surface area (Å²) in [6.07, 6.45) is 15.9. The first kappa shape index (κ1) is 11.3. The fraction of sp³-hybridized carbons (Fsp3) is 0.273. The molecule has 0 saturated carbocycles. The average Bonchev–Trinajstić information content (AvgIpc) is 2.77. The van der Waals surface area contributed by atoms with Gasteiger partial charge in [-0.1, -0.05) is 53.4 Å². The van der Waals surface area contributed by atoms with Gasteiger partial charge in [-0.25, -0.2) is 0 Å². The number of hydrogen-bond donors (Lipinski definition) is 0. The van der Waals surface area contributed by atoms with Crippen LogP contribution in [0.3, 0.4) is 0 Å². The molecule has 0 spiro atoms. The Bertz CT molecular complexity index is 267. The van der Waals surface area contributed by atoms with Gasteiger partial charge in [-0.2, -0.15) is 0 Å². The number of rotatable bonds is 2. The summed E-state index contributed by atoms with van der Waals surface area (Å²) in [5.41, 5.74) is 0. The Balaban J connectivity index is 0.000000845. The first-order valence-electron chi connectivity index (χ1n) is 4.43. The van der Waals surface area contributed by atoms with E-state index in [0.29, 0.717) is 0 Å². The molecule has 0 aromatic heterocycles. The number of hydrogen-bond acceptors (Lipinski definition) is 0. The molecule has 0 aliphatic heterocycles. The van der Waals surface area contributed by atoms with E-state index in [2.05, 4.69) is 43.0 Å². The Morgan fingerprint density at radius 3 is 1.77 bits per heavy atom. The third-order valence-electron chi connectivity index (χ3n) is 2.51. The Labute approximate surface area is 104 Å². The van der Waals surface area contributed by atoms with Gasteiger partial charge in [0.1, 0.15) is 8.80 Å². The van der Waals surface area contributed by atoms with E-state index in [9.17, 15) is 0 Å². The third-order valence-corrected chi connectivity index (χ3v) is 5.17. The van der Waals surface area contributed by atoms with Crippen molar-refractivity contribution in [2.75, 3.05) is 0 Å². The van der Waals surface area contributed by atoms with E-state index in [1.165, 1.54) is 12.8 Å². The van der Waals surface area contributed by atoms with Gasteiger partial charge in [0.25, 0.3) is 0 Å². The molecule has 2 heteroatoms. The van der Waals surface area contributed by atoms with Crippen LogP contribution in [0.2, 0.25) is 6.55 Å². The predicted octanol–water partition coefficient (Wildman–Crippen LogP) is -0.0340. The van der Waals surface area contributed by atoms with Crippen LogP contribution in [0, 0.1) is 0 Å². The van der Waals surface area contributed by atoms with Crippen molar-refractivity contribution in [3.05, 3.63) is 46.8 Å². The molecule has 0 aromatic rings. The van der Waals surface area contributed by atoms with E-state index in [4.69, 9.17) is 0 Å². The largest absolute Gasteiger partial charge is 1.00 e. The molecule has 13 heavy (non-hydrogen) atoms. The molecule has 0 unspecified atom stereocenters. The van der Waals surface area contributed by atoms with E-state index in [1.807, 2.05) is 0 Å². The zero-order valence-corrected chi connectivity index (χ0v) is 11.4. The molecule has 0 bridgehead atoms. The van der Waals surface area contributed by atoms with E-state index in [1.54, 1.807) is 10.4 Å². The van der Waals surface area contributed by atoms with Crippen LogP contribution in [0.4, 0.5) is 0 Å². The van der Waals surface area contributed by atoms with Crippen LogP contribution < -0.4 is 29.6 Å². The van der Waals surface area contributed by atoms with Crippen molar-refractivity contribution in [3.8, 4) is 0 Å². The Morgan fingerprint density at radius 2 is 1.46 bits per heavy atom. The van der Waals surface area contributed by atoms with E-state index in [-0.39, 0.29) is 38.4 Å². The van der Waals surface area contributed by atoms with E-state index >= 15 is 0 Å². The maximum atomic E-state index is 2.41. The molecule has 2 aliphatic rings. The van der Waals surface area contributed by atoms with Gasteiger partial charge in [0.2, 0.25) is 0 Å². The zero-order valence-electron chi connectivity index (χ0n) is 8.38. The van der Waals surface area contributed by atoms with E-state index in [0.717, 1.165) is 0 Å². The summed E-state index contributed by atoms with van der Waals surface area (Å²) in [6, 6.07) is 0. The minimum Gasteiger partial charge on any atom is -0.0809 e. The molecule has 0 atom stereocenters. The summed E-state index contributed by atoms with van der Waals surface area (Å²) in [6.45, 7) is 2.41.